The van der Waals surface area contributed by atoms with Crippen molar-refractivity contribution in [1.29, 1.82) is 0 Å². The van der Waals surface area contributed by atoms with Crippen molar-refractivity contribution in [3.05, 3.63) is 0 Å². The zero-order valence-corrected chi connectivity index (χ0v) is 7.92. The fraction of sp³-hybridized carbons (Fsp3) is 0.875. The van der Waals surface area contributed by atoms with E-state index in [1.54, 1.807) is 6.92 Å². The van der Waals surface area contributed by atoms with Crippen molar-refractivity contribution < 1.29 is 14.4 Å². The zero-order valence-electron chi connectivity index (χ0n) is 7.92. The van der Waals surface area contributed by atoms with Crippen molar-refractivity contribution in [3.63, 3.8) is 0 Å². The van der Waals surface area contributed by atoms with Gasteiger partial charge >= 0.3 is 5.97 Å². The number of hydroxylamine groups is 1. The van der Waals surface area contributed by atoms with Gasteiger partial charge in [-0.05, 0) is 12.8 Å². The van der Waals surface area contributed by atoms with Crippen LogP contribution in [0.25, 0.3) is 0 Å². The summed E-state index contributed by atoms with van der Waals surface area (Å²) in [4.78, 5) is 15.5. The molecule has 0 heterocycles. The number of ether oxygens (including phenoxy) is 1. The van der Waals surface area contributed by atoms with Gasteiger partial charge < -0.3 is 4.74 Å². The molecule has 0 atom stereocenters. The topological polar surface area (TPSA) is 47.6 Å². The molecular formula is C8H17NO3. The summed E-state index contributed by atoms with van der Waals surface area (Å²) in [5.41, 5.74) is 2.67. The van der Waals surface area contributed by atoms with E-state index < -0.39 is 0 Å². The Balaban J connectivity index is 3.14. The van der Waals surface area contributed by atoms with E-state index in [0.717, 1.165) is 6.54 Å². The van der Waals surface area contributed by atoms with Crippen LogP contribution in [0.5, 0.6) is 0 Å². The molecule has 0 aromatic carbocycles. The predicted octanol–water partition coefficient (Wildman–Crippen LogP) is 0.727. The highest BCUT2D eigenvalue weighted by molar-refractivity contribution is 5.70. The molecule has 0 bridgehead atoms. The summed E-state index contributed by atoms with van der Waals surface area (Å²) in [5, 5.41) is 0. The molecule has 4 heteroatoms. The maximum atomic E-state index is 10.7. The van der Waals surface area contributed by atoms with Crippen LogP contribution in [0.3, 0.4) is 0 Å². The summed E-state index contributed by atoms with van der Waals surface area (Å²) in [6, 6.07) is 0. The van der Waals surface area contributed by atoms with Crippen molar-refractivity contribution in [3.8, 4) is 0 Å². The van der Waals surface area contributed by atoms with Gasteiger partial charge in [-0.15, -0.1) is 0 Å². The number of esters is 1. The molecule has 0 aliphatic rings. The van der Waals surface area contributed by atoms with Gasteiger partial charge in [0, 0.05) is 6.54 Å². The Kier molecular flexibility index (Phi) is 6.70. The molecule has 0 aromatic heterocycles. The molecule has 0 unspecified atom stereocenters. The third-order valence-corrected chi connectivity index (χ3v) is 1.09. The lowest BCUT2D eigenvalue weighted by atomic mass is 10.2. The predicted molar refractivity (Wildman–Crippen MR) is 45.4 cm³/mol. The van der Waals surface area contributed by atoms with E-state index >= 15 is 0 Å². The number of carbonyl (C=O) groups is 1. The summed E-state index contributed by atoms with van der Waals surface area (Å²) in [6.45, 7) is 6.98. The Labute approximate surface area is 73.2 Å². The van der Waals surface area contributed by atoms with Crippen molar-refractivity contribution in [2.24, 2.45) is 5.92 Å². The van der Waals surface area contributed by atoms with Crippen LogP contribution in [0.15, 0.2) is 0 Å². The summed E-state index contributed by atoms with van der Waals surface area (Å²) < 4.78 is 4.64. The molecule has 0 radical (unpaired) electrons. The van der Waals surface area contributed by atoms with Gasteiger partial charge in [-0.3, -0.25) is 4.84 Å². The first-order chi connectivity index (χ1) is 5.66. The second-order valence-corrected chi connectivity index (χ2v) is 2.84. The Morgan fingerprint density at radius 3 is 2.67 bits per heavy atom. The van der Waals surface area contributed by atoms with Crippen molar-refractivity contribution in [2.45, 2.75) is 20.8 Å². The van der Waals surface area contributed by atoms with Gasteiger partial charge in [0.15, 0.2) is 6.61 Å². The second kappa shape index (κ2) is 7.06. The Morgan fingerprint density at radius 1 is 1.50 bits per heavy atom. The molecular weight excluding hydrogens is 158 g/mol. The number of rotatable bonds is 6. The Hall–Kier alpha value is -0.610. The average Bonchev–Trinajstić information content (AvgIpc) is 1.98. The molecule has 0 aliphatic carbocycles. The quantitative estimate of drug-likeness (QED) is 0.367. The van der Waals surface area contributed by atoms with Gasteiger partial charge in [-0.2, -0.15) is 0 Å². The molecule has 12 heavy (non-hydrogen) atoms. The van der Waals surface area contributed by atoms with Crippen LogP contribution in [0, 0.1) is 5.92 Å². The minimum absolute atomic E-state index is 0.0272. The average molecular weight is 175 g/mol. The molecule has 1 N–H and O–H groups in total. The van der Waals surface area contributed by atoms with Crippen LogP contribution in [0.2, 0.25) is 0 Å². The van der Waals surface area contributed by atoms with Crippen molar-refractivity contribution in [1.82, 2.24) is 5.48 Å². The zero-order chi connectivity index (χ0) is 9.40. The van der Waals surface area contributed by atoms with Gasteiger partial charge in [0.05, 0.1) is 6.61 Å². The fourth-order valence-electron chi connectivity index (χ4n) is 0.538. The largest absolute Gasteiger partial charge is 0.464 e. The van der Waals surface area contributed by atoms with Gasteiger partial charge in [-0.25, -0.2) is 10.3 Å². The van der Waals surface area contributed by atoms with Crippen molar-refractivity contribution >= 4 is 5.97 Å². The van der Waals surface area contributed by atoms with Crippen LogP contribution in [-0.4, -0.2) is 25.7 Å². The van der Waals surface area contributed by atoms with Crippen LogP contribution >= 0.6 is 0 Å². The molecule has 0 spiro atoms. The lowest BCUT2D eigenvalue weighted by Crippen LogP contribution is -2.24. The summed E-state index contributed by atoms with van der Waals surface area (Å²) in [7, 11) is 0. The molecule has 0 rings (SSSR count). The highest BCUT2D eigenvalue weighted by atomic mass is 16.7. The summed E-state index contributed by atoms with van der Waals surface area (Å²) in [6.07, 6.45) is 0. The first-order valence-electron chi connectivity index (χ1n) is 4.17. The van der Waals surface area contributed by atoms with Crippen LogP contribution in [0.1, 0.15) is 20.8 Å². The van der Waals surface area contributed by atoms with Crippen molar-refractivity contribution in [2.75, 3.05) is 19.8 Å². The first-order valence-corrected chi connectivity index (χ1v) is 4.17. The molecule has 0 amide bonds. The molecule has 4 nitrogen and oxygen atoms in total. The van der Waals surface area contributed by atoms with Crippen LogP contribution in [-0.2, 0) is 14.4 Å². The standard InChI is InChI=1S/C8H17NO3/c1-4-11-8(10)6-12-9-5-7(2)3/h7,9H,4-6H2,1-3H3. The number of nitrogens with one attached hydrogen (secondary N) is 1. The molecule has 72 valence electrons. The molecule has 0 saturated carbocycles. The maximum absolute atomic E-state index is 10.7. The second-order valence-electron chi connectivity index (χ2n) is 2.84. The van der Waals surface area contributed by atoms with Gasteiger partial charge in [0.25, 0.3) is 0 Å². The van der Waals surface area contributed by atoms with Crippen LogP contribution in [0.4, 0.5) is 0 Å². The fourth-order valence-corrected chi connectivity index (χ4v) is 0.538. The summed E-state index contributed by atoms with van der Waals surface area (Å²) >= 11 is 0. The minimum atomic E-state index is -0.339. The van der Waals surface area contributed by atoms with Gasteiger partial charge in [-0.1, -0.05) is 13.8 Å². The van der Waals surface area contributed by atoms with E-state index in [1.807, 2.05) is 0 Å². The molecule has 0 aromatic rings. The monoisotopic (exact) mass is 175 g/mol. The van der Waals surface area contributed by atoms with E-state index in [-0.39, 0.29) is 12.6 Å². The number of hydrogen-bond donors (Lipinski definition) is 1. The Morgan fingerprint density at radius 2 is 2.17 bits per heavy atom. The molecule has 0 aliphatic heterocycles. The van der Waals surface area contributed by atoms with Gasteiger partial charge in [0.1, 0.15) is 0 Å². The minimum Gasteiger partial charge on any atom is -0.464 e. The number of hydrogen-bond acceptors (Lipinski definition) is 4. The lowest BCUT2D eigenvalue weighted by Gasteiger charge is -2.06. The van der Waals surface area contributed by atoms with Crippen LogP contribution < -0.4 is 5.48 Å². The summed E-state index contributed by atoms with van der Waals surface area (Å²) in [5.74, 6) is 0.168. The third kappa shape index (κ3) is 7.50. The smallest absolute Gasteiger partial charge is 0.334 e. The van der Waals surface area contributed by atoms with E-state index in [0.29, 0.717) is 12.5 Å². The Bertz CT molecular complexity index is 125. The SMILES string of the molecule is CCOC(=O)CONCC(C)C. The van der Waals surface area contributed by atoms with E-state index in [1.165, 1.54) is 0 Å². The highest BCUT2D eigenvalue weighted by Gasteiger charge is 2.00. The first kappa shape index (κ1) is 11.4. The number of carbonyl (C=O) groups excluding carboxylic acids is 1. The molecule has 0 saturated heterocycles. The maximum Gasteiger partial charge on any atom is 0.334 e. The highest BCUT2D eigenvalue weighted by Crippen LogP contribution is 1.86. The third-order valence-electron chi connectivity index (χ3n) is 1.09. The molecule has 0 fully saturated rings. The van der Waals surface area contributed by atoms with Gasteiger partial charge in [0.2, 0.25) is 0 Å². The normalized spacial score (nSPS) is 10.3. The lowest BCUT2D eigenvalue weighted by molar-refractivity contribution is -0.151. The van der Waals surface area contributed by atoms with E-state index in [2.05, 4.69) is 24.1 Å². The van der Waals surface area contributed by atoms with E-state index in [4.69, 9.17) is 4.84 Å². The van der Waals surface area contributed by atoms with E-state index in [9.17, 15) is 4.79 Å².